The Kier molecular flexibility index (Phi) is 4.05. The smallest absolute Gasteiger partial charge is 0.326 e. The molecule has 6 heteroatoms. The van der Waals surface area contributed by atoms with Crippen molar-refractivity contribution >= 4 is 40.3 Å². The molecule has 1 aromatic carbocycles. The monoisotopic (exact) mass is 400 g/mol. The van der Waals surface area contributed by atoms with Crippen molar-refractivity contribution < 1.29 is 14.7 Å². The molecule has 2 aliphatic rings. The van der Waals surface area contributed by atoms with E-state index in [-0.39, 0.29) is 11.9 Å². The van der Waals surface area contributed by atoms with Crippen LogP contribution >= 0.6 is 22.6 Å². The minimum atomic E-state index is -0.887. The Balaban J connectivity index is 1.78. The Morgan fingerprint density at radius 2 is 2.05 bits per heavy atom. The van der Waals surface area contributed by atoms with E-state index in [1.807, 2.05) is 24.3 Å². The molecule has 3 unspecified atom stereocenters. The van der Waals surface area contributed by atoms with Crippen LogP contribution in [0.25, 0.3) is 0 Å². The molecule has 0 spiro atoms. The molecule has 2 fully saturated rings. The molecule has 3 rings (SSSR count). The summed E-state index contributed by atoms with van der Waals surface area (Å²) in [5.74, 6) is -0.433. The fourth-order valence-corrected chi connectivity index (χ4v) is 4.10. The highest BCUT2D eigenvalue weighted by Gasteiger charge is 2.49. The number of anilines is 1. The maximum absolute atomic E-state index is 12.5. The van der Waals surface area contributed by atoms with Gasteiger partial charge in [-0.25, -0.2) is 9.59 Å². The van der Waals surface area contributed by atoms with Gasteiger partial charge in [0.2, 0.25) is 0 Å². The Labute approximate surface area is 136 Å². The summed E-state index contributed by atoms with van der Waals surface area (Å²) < 4.78 is 0.940. The maximum Gasteiger partial charge on any atom is 0.326 e. The van der Waals surface area contributed by atoms with Gasteiger partial charge >= 0.3 is 12.0 Å². The van der Waals surface area contributed by atoms with Gasteiger partial charge in [-0.2, -0.15) is 0 Å². The molecule has 1 saturated heterocycles. The van der Waals surface area contributed by atoms with Crippen molar-refractivity contribution in [2.45, 2.75) is 25.3 Å². The molecule has 2 N–H and O–H groups in total. The molecule has 0 radical (unpaired) electrons. The Morgan fingerprint density at radius 1 is 1.29 bits per heavy atom. The van der Waals surface area contributed by atoms with Gasteiger partial charge < -0.3 is 15.3 Å². The van der Waals surface area contributed by atoms with E-state index in [1.54, 1.807) is 0 Å². The summed E-state index contributed by atoms with van der Waals surface area (Å²) in [6.45, 7) is 0.552. The topological polar surface area (TPSA) is 69.6 Å². The van der Waals surface area contributed by atoms with Crippen molar-refractivity contribution in [2.24, 2.45) is 11.8 Å². The number of urea groups is 1. The molecule has 2 amide bonds. The van der Waals surface area contributed by atoms with Crippen molar-refractivity contribution in [1.82, 2.24) is 4.90 Å². The summed E-state index contributed by atoms with van der Waals surface area (Å²) in [5, 5.41) is 12.3. The third kappa shape index (κ3) is 2.73. The lowest BCUT2D eigenvalue weighted by atomic mass is 9.94. The molecule has 1 heterocycles. The first-order valence-corrected chi connectivity index (χ1v) is 8.21. The van der Waals surface area contributed by atoms with Gasteiger partial charge in [-0.3, -0.25) is 0 Å². The lowest BCUT2D eigenvalue weighted by molar-refractivity contribution is -0.142. The average Bonchev–Trinajstić information content (AvgIpc) is 3.00. The van der Waals surface area contributed by atoms with Gasteiger partial charge in [-0.05, 0) is 59.4 Å². The van der Waals surface area contributed by atoms with Crippen LogP contribution in [0.15, 0.2) is 24.3 Å². The molecule has 1 aliphatic heterocycles. The first-order chi connectivity index (χ1) is 10.1. The van der Waals surface area contributed by atoms with Gasteiger partial charge in [0.1, 0.15) is 6.04 Å². The summed E-state index contributed by atoms with van der Waals surface area (Å²) in [5.41, 5.74) is 0.726. The summed E-state index contributed by atoms with van der Waals surface area (Å²) in [6, 6.07) is 6.50. The molecular formula is C15H17IN2O3. The quantitative estimate of drug-likeness (QED) is 0.750. The predicted octanol–water partition coefficient (Wildman–Crippen LogP) is 3.01. The average molecular weight is 400 g/mol. The fourth-order valence-electron chi connectivity index (χ4n) is 3.58. The molecule has 21 heavy (non-hydrogen) atoms. The van der Waals surface area contributed by atoms with Crippen LogP contribution in [0.3, 0.4) is 0 Å². The second-order valence-electron chi connectivity index (χ2n) is 5.70. The first-order valence-electron chi connectivity index (χ1n) is 7.13. The highest BCUT2D eigenvalue weighted by atomic mass is 127. The number of para-hydroxylation sites is 1. The van der Waals surface area contributed by atoms with E-state index in [0.717, 1.165) is 28.5 Å². The van der Waals surface area contributed by atoms with E-state index in [2.05, 4.69) is 27.9 Å². The third-order valence-corrected chi connectivity index (χ3v) is 5.46. The number of nitrogens with zero attached hydrogens (tertiary/aromatic N) is 1. The van der Waals surface area contributed by atoms with Crippen LogP contribution in [0.4, 0.5) is 10.5 Å². The van der Waals surface area contributed by atoms with Crippen molar-refractivity contribution in [3.8, 4) is 0 Å². The van der Waals surface area contributed by atoms with Crippen LogP contribution in [-0.4, -0.2) is 34.6 Å². The molecule has 0 bridgehead atoms. The zero-order valence-electron chi connectivity index (χ0n) is 11.5. The normalized spacial score (nSPS) is 27.5. The fraction of sp³-hybridized carbons (Fsp3) is 0.467. The van der Waals surface area contributed by atoms with E-state index in [4.69, 9.17) is 0 Å². The van der Waals surface area contributed by atoms with Crippen molar-refractivity contribution in [3.63, 3.8) is 0 Å². The minimum absolute atomic E-state index is 0.114. The van der Waals surface area contributed by atoms with Gasteiger partial charge in [0.15, 0.2) is 0 Å². The zero-order chi connectivity index (χ0) is 15.0. The first kappa shape index (κ1) is 14.6. The van der Waals surface area contributed by atoms with E-state index in [1.165, 1.54) is 4.90 Å². The number of carbonyl (C=O) groups is 2. The van der Waals surface area contributed by atoms with Crippen LogP contribution in [0.5, 0.6) is 0 Å². The van der Waals surface area contributed by atoms with Crippen molar-refractivity contribution in [1.29, 1.82) is 0 Å². The lowest BCUT2D eigenvalue weighted by Gasteiger charge is -2.24. The summed E-state index contributed by atoms with van der Waals surface area (Å²) in [4.78, 5) is 25.5. The van der Waals surface area contributed by atoms with Gasteiger partial charge in [0.25, 0.3) is 0 Å². The highest BCUT2D eigenvalue weighted by molar-refractivity contribution is 14.1. The number of halogens is 1. The Hall–Kier alpha value is -1.31. The summed E-state index contributed by atoms with van der Waals surface area (Å²) in [7, 11) is 0. The highest BCUT2D eigenvalue weighted by Crippen LogP contribution is 2.42. The molecule has 1 saturated carbocycles. The zero-order valence-corrected chi connectivity index (χ0v) is 13.6. The predicted molar refractivity (Wildman–Crippen MR) is 87.1 cm³/mol. The second-order valence-corrected chi connectivity index (χ2v) is 6.86. The SMILES string of the molecule is O=C(O)C1C2CCCC2CN1C(=O)Nc1ccccc1I. The number of carboxylic acid groups (broad SMARTS) is 1. The van der Waals surface area contributed by atoms with Crippen molar-refractivity contribution in [3.05, 3.63) is 27.8 Å². The van der Waals surface area contributed by atoms with E-state index in [9.17, 15) is 14.7 Å². The van der Waals surface area contributed by atoms with E-state index in [0.29, 0.717) is 12.5 Å². The minimum Gasteiger partial charge on any atom is -0.480 e. The number of amides is 2. The second kappa shape index (κ2) is 5.82. The molecular weight excluding hydrogens is 383 g/mol. The number of carbonyl (C=O) groups excluding carboxylic acids is 1. The molecule has 1 aliphatic carbocycles. The lowest BCUT2D eigenvalue weighted by Crippen LogP contribution is -2.45. The standard InChI is InChI=1S/C15H17IN2O3/c16-11-6-1-2-7-12(11)17-15(21)18-8-9-4-3-5-10(9)13(18)14(19)20/h1-2,6-7,9-10,13H,3-5,8H2,(H,17,21)(H,19,20). The summed E-state index contributed by atoms with van der Waals surface area (Å²) in [6.07, 6.45) is 3.01. The van der Waals surface area contributed by atoms with E-state index >= 15 is 0 Å². The number of hydrogen-bond donors (Lipinski definition) is 2. The number of hydrogen-bond acceptors (Lipinski definition) is 2. The van der Waals surface area contributed by atoms with Gasteiger partial charge in [-0.15, -0.1) is 0 Å². The van der Waals surface area contributed by atoms with Gasteiger partial charge in [0, 0.05) is 10.1 Å². The molecule has 3 atom stereocenters. The van der Waals surface area contributed by atoms with E-state index < -0.39 is 12.0 Å². The number of likely N-dealkylation sites (tertiary alicyclic amines) is 1. The van der Waals surface area contributed by atoms with Gasteiger partial charge in [-0.1, -0.05) is 18.6 Å². The molecule has 1 aromatic rings. The number of fused-ring (bicyclic) bond motifs is 1. The summed E-state index contributed by atoms with van der Waals surface area (Å²) >= 11 is 2.15. The number of carboxylic acids is 1. The van der Waals surface area contributed by atoms with Crippen LogP contribution in [0.1, 0.15) is 19.3 Å². The Morgan fingerprint density at radius 3 is 2.76 bits per heavy atom. The van der Waals surface area contributed by atoms with Crippen LogP contribution in [0.2, 0.25) is 0 Å². The molecule has 112 valence electrons. The number of benzene rings is 1. The molecule has 5 nitrogen and oxygen atoms in total. The largest absolute Gasteiger partial charge is 0.480 e. The van der Waals surface area contributed by atoms with Crippen LogP contribution < -0.4 is 5.32 Å². The maximum atomic E-state index is 12.5. The number of rotatable bonds is 2. The molecule has 0 aromatic heterocycles. The number of nitrogens with one attached hydrogen (secondary N) is 1. The van der Waals surface area contributed by atoms with Gasteiger partial charge in [0.05, 0.1) is 5.69 Å². The van der Waals surface area contributed by atoms with Crippen LogP contribution in [-0.2, 0) is 4.79 Å². The van der Waals surface area contributed by atoms with Crippen LogP contribution in [0, 0.1) is 15.4 Å². The number of aliphatic carboxylic acids is 1. The van der Waals surface area contributed by atoms with Crippen molar-refractivity contribution in [2.75, 3.05) is 11.9 Å². The third-order valence-electron chi connectivity index (χ3n) is 4.52. The Bertz CT molecular complexity index is 578.